The molecule has 1 aromatic rings. The molecule has 0 amide bonds. The van der Waals surface area contributed by atoms with E-state index in [2.05, 4.69) is 5.32 Å². The Balaban J connectivity index is 2.08. The van der Waals surface area contributed by atoms with E-state index in [9.17, 15) is 10.2 Å². The highest BCUT2D eigenvalue weighted by Gasteiger charge is 2.31. The van der Waals surface area contributed by atoms with Crippen molar-refractivity contribution in [2.75, 3.05) is 26.4 Å². The Morgan fingerprint density at radius 1 is 1.31 bits per heavy atom. The Labute approximate surface area is 94.9 Å². The van der Waals surface area contributed by atoms with Crippen LogP contribution in [0.2, 0.25) is 0 Å². The van der Waals surface area contributed by atoms with Crippen molar-refractivity contribution in [2.45, 2.75) is 12.0 Å². The number of hydrogen-bond donors (Lipinski definition) is 3. The van der Waals surface area contributed by atoms with E-state index in [1.807, 2.05) is 12.1 Å². The highest BCUT2D eigenvalue weighted by Crippen LogP contribution is 2.18. The zero-order chi connectivity index (χ0) is 11.4. The normalized spacial score (nSPS) is 25.6. The lowest BCUT2D eigenvalue weighted by atomic mass is 9.91. The van der Waals surface area contributed by atoms with Gasteiger partial charge in [-0.15, -0.1) is 0 Å². The fourth-order valence-electron chi connectivity index (χ4n) is 1.98. The third-order valence-electron chi connectivity index (χ3n) is 2.91. The van der Waals surface area contributed by atoms with Crippen molar-refractivity contribution in [3.05, 3.63) is 29.8 Å². The lowest BCUT2D eigenvalue weighted by Gasteiger charge is -2.36. The van der Waals surface area contributed by atoms with Gasteiger partial charge in [0.15, 0.2) is 0 Å². The standard InChI is InChI=1S/C12H17NO3/c14-8-12(9-16-6-5-13-12)7-10-1-3-11(15)4-2-10/h1-4,13-15H,5-9H2. The summed E-state index contributed by atoms with van der Waals surface area (Å²) in [7, 11) is 0. The molecule has 4 heteroatoms. The number of hydrogen-bond acceptors (Lipinski definition) is 4. The van der Waals surface area contributed by atoms with Gasteiger partial charge in [-0.1, -0.05) is 12.1 Å². The largest absolute Gasteiger partial charge is 0.508 e. The minimum absolute atomic E-state index is 0.0495. The van der Waals surface area contributed by atoms with Gasteiger partial charge in [-0.3, -0.25) is 0 Å². The van der Waals surface area contributed by atoms with E-state index >= 15 is 0 Å². The summed E-state index contributed by atoms with van der Waals surface area (Å²) in [5, 5.41) is 22.0. The third kappa shape index (κ3) is 2.52. The van der Waals surface area contributed by atoms with Gasteiger partial charge >= 0.3 is 0 Å². The molecule has 1 unspecified atom stereocenters. The van der Waals surface area contributed by atoms with Gasteiger partial charge < -0.3 is 20.3 Å². The first-order valence-electron chi connectivity index (χ1n) is 5.46. The Morgan fingerprint density at radius 2 is 2.06 bits per heavy atom. The number of nitrogens with one attached hydrogen (secondary N) is 1. The first kappa shape index (κ1) is 11.4. The van der Waals surface area contributed by atoms with Gasteiger partial charge in [0.25, 0.3) is 0 Å². The van der Waals surface area contributed by atoms with Crippen LogP contribution >= 0.6 is 0 Å². The Bertz CT molecular complexity index is 331. The van der Waals surface area contributed by atoms with E-state index in [4.69, 9.17) is 4.74 Å². The molecule has 0 radical (unpaired) electrons. The molecule has 1 fully saturated rings. The zero-order valence-corrected chi connectivity index (χ0v) is 9.15. The Kier molecular flexibility index (Phi) is 3.43. The van der Waals surface area contributed by atoms with Crippen LogP contribution in [0.5, 0.6) is 5.75 Å². The van der Waals surface area contributed by atoms with E-state index in [1.54, 1.807) is 12.1 Å². The predicted octanol–water partition coefficient (Wildman–Crippen LogP) is 0.286. The SMILES string of the molecule is OCC1(Cc2ccc(O)cc2)COCCN1. The van der Waals surface area contributed by atoms with Gasteiger partial charge in [0.2, 0.25) is 0 Å². The van der Waals surface area contributed by atoms with Crippen LogP contribution in [-0.4, -0.2) is 42.1 Å². The van der Waals surface area contributed by atoms with Gasteiger partial charge in [-0.05, 0) is 24.1 Å². The molecule has 0 aliphatic carbocycles. The number of aliphatic hydroxyl groups excluding tert-OH is 1. The highest BCUT2D eigenvalue weighted by atomic mass is 16.5. The second kappa shape index (κ2) is 4.82. The van der Waals surface area contributed by atoms with Crippen molar-refractivity contribution in [1.82, 2.24) is 5.32 Å². The molecule has 1 atom stereocenters. The average Bonchev–Trinajstić information content (AvgIpc) is 2.33. The second-order valence-electron chi connectivity index (χ2n) is 4.26. The summed E-state index contributed by atoms with van der Waals surface area (Å²) in [5.41, 5.74) is 0.694. The number of morpholine rings is 1. The minimum atomic E-state index is -0.380. The van der Waals surface area contributed by atoms with Crippen molar-refractivity contribution >= 4 is 0 Å². The molecule has 2 rings (SSSR count). The Morgan fingerprint density at radius 3 is 2.62 bits per heavy atom. The molecule has 4 nitrogen and oxygen atoms in total. The van der Waals surface area contributed by atoms with Gasteiger partial charge in [-0.25, -0.2) is 0 Å². The third-order valence-corrected chi connectivity index (χ3v) is 2.91. The summed E-state index contributed by atoms with van der Waals surface area (Å²) >= 11 is 0. The van der Waals surface area contributed by atoms with Gasteiger partial charge in [0.05, 0.1) is 25.4 Å². The number of phenolic OH excluding ortho intramolecular Hbond substituents is 1. The molecule has 0 aromatic heterocycles. The molecule has 1 aliphatic heterocycles. The van der Waals surface area contributed by atoms with Crippen LogP contribution in [0.3, 0.4) is 0 Å². The van der Waals surface area contributed by atoms with Crippen molar-refractivity contribution in [3.63, 3.8) is 0 Å². The van der Waals surface area contributed by atoms with Crippen molar-refractivity contribution in [2.24, 2.45) is 0 Å². The molecule has 0 bridgehead atoms. The maximum atomic E-state index is 9.47. The maximum Gasteiger partial charge on any atom is 0.115 e. The zero-order valence-electron chi connectivity index (χ0n) is 9.15. The van der Waals surface area contributed by atoms with Crippen LogP contribution in [0.25, 0.3) is 0 Å². The molecule has 16 heavy (non-hydrogen) atoms. The lowest BCUT2D eigenvalue weighted by Crippen LogP contribution is -2.58. The average molecular weight is 223 g/mol. The van der Waals surface area contributed by atoms with Gasteiger partial charge in [0.1, 0.15) is 5.75 Å². The number of rotatable bonds is 3. The minimum Gasteiger partial charge on any atom is -0.508 e. The predicted molar refractivity (Wildman–Crippen MR) is 60.4 cm³/mol. The topological polar surface area (TPSA) is 61.7 Å². The second-order valence-corrected chi connectivity index (χ2v) is 4.26. The first-order valence-corrected chi connectivity index (χ1v) is 5.46. The molecule has 3 N–H and O–H groups in total. The Hall–Kier alpha value is -1.10. The van der Waals surface area contributed by atoms with Crippen LogP contribution in [0.1, 0.15) is 5.56 Å². The molecule has 1 saturated heterocycles. The summed E-state index contributed by atoms with van der Waals surface area (Å²) in [6.07, 6.45) is 0.698. The van der Waals surface area contributed by atoms with Gasteiger partial charge in [0, 0.05) is 6.54 Å². The molecule has 1 aliphatic rings. The fourth-order valence-corrected chi connectivity index (χ4v) is 1.98. The number of aromatic hydroxyl groups is 1. The number of aliphatic hydroxyl groups is 1. The molecule has 0 saturated carbocycles. The first-order chi connectivity index (χ1) is 7.74. The van der Waals surface area contributed by atoms with E-state index in [0.29, 0.717) is 19.6 Å². The van der Waals surface area contributed by atoms with Crippen LogP contribution in [-0.2, 0) is 11.2 Å². The number of benzene rings is 1. The van der Waals surface area contributed by atoms with E-state index in [-0.39, 0.29) is 17.9 Å². The summed E-state index contributed by atoms with van der Waals surface area (Å²) < 4.78 is 5.40. The number of phenols is 1. The van der Waals surface area contributed by atoms with Gasteiger partial charge in [-0.2, -0.15) is 0 Å². The van der Waals surface area contributed by atoms with Crippen LogP contribution in [0.4, 0.5) is 0 Å². The summed E-state index contributed by atoms with van der Waals surface area (Å²) in [6, 6.07) is 7.04. The van der Waals surface area contributed by atoms with Crippen LogP contribution in [0.15, 0.2) is 24.3 Å². The van der Waals surface area contributed by atoms with Crippen molar-refractivity contribution in [1.29, 1.82) is 0 Å². The smallest absolute Gasteiger partial charge is 0.115 e. The molecule has 1 heterocycles. The monoisotopic (exact) mass is 223 g/mol. The molecule has 88 valence electrons. The molecule has 1 aromatic carbocycles. The molecule has 0 spiro atoms. The molecular weight excluding hydrogens is 206 g/mol. The van der Waals surface area contributed by atoms with Crippen molar-refractivity contribution in [3.8, 4) is 5.75 Å². The van der Waals surface area contributed by atoms with Crippen LogP contribution < -0.4 is 5.32 Å². The quantitative estimate of drug-likeness (QED) is 0.689. The lowest BCUT2D eigenvalue weighted by molar-refractivity contribution is -0.000720. The summed E-state index contributed by atoms with van der Waals surface area (Å²) in [4.78, 5) is 0. The summed E-state index contributed by atoms with van der Waals surface area (Å²) in [6.45, 7) is 2.02. The molecular formula is C12H17NO3. The van der Waals surface area contributed by atoms with Crippen molar-refractivity contribution < 1.29 is 14.9 Å². The fraction of sp³-hybridized carbons (Fsp3) is 0.500. The van der Waals surface area contributed by atoms with Crippen LogP contribution in [0, 0.1) is 0 Å². The summed E-state index contributed by atoms with van der Waals surface area (Å²) in [5.74, 6) is 0.259. The number of ether oxygens (including phenoxy) is 1. The van der Waals surface area contributed by atoms with E-state index in [1.165, 1.54) is 0 Å². The maximum absolute atomic E-state index is 9.47. The highest BCUT2D eigenvalue weighted by molar-refractivity contribution is 5.27. The van der Waals surface area contributed by atoms with E-state index in [0.717, 1.165) is 12.1 Å². The van der Waals surface area contributed by atoms with E-state index < -0.39 is 0 Å².